The summed E-state index contributed by atoms with van der Waals surface area (Å²) in [5, 5.41) is 3.21. The van der Waals surface area contributed by atoms with Gasteiger partial charge < -0.3 is 15.0 Å². The standard InChI is InChI=1S/C25H37FN2O2.H2/c1-24(2,3)10-13-28-14-11-25(12-15-28)9-8-21(19-7-6-18(26)17-20(19)25)27-23(29)22-5-4-16-30-22;/h6-7,17,21-22H,4-5,8-16H2,1-3H3,(H,27,29);1H/t21-,22?;/m0./s1. The number of benzene rings is 1. The molecule has 0 saturated carbocycles. The molecule has 0 aromatic heterocycles. The van der Waals surface area contributed by atoms with Crippen LogP contribution >= 0.6 is 0 Å². The van der Waals surface area contributed by atoms with E-state index in [9.17, 15) is 9.18 Å². The summed E-state index contributed by atoms with van der Waals surface area (Å²) < 4.78 is 19.8. The quantitative estimate of drug-likeness (QED) is 0.750. The average molecular weight is 419 g/mol. The van der Waals surface area contributed by atoms with Gasteiger partial charge in [0, 0.05) is 8.03 Å². The molecule has 30 heavy (non-hydrogen) atoms. The summed E-state index contributed by atoms with van der Waals surface area (Å²) in [7, 11) is 0. The maximum absolute atomic E-state index is 14.3. The Balaban J connectivity index is 0.00000272. The van der Waals surface area contributed by atoms with Crippen LogP contribution in [0.2, 0.25) is 0 Å². The predicted molar refractivity (Wildman–Crippen MR) is 119 cm³/mol. The molecule has 2 atom stereocenters. The summed E-state index contributed by atoms with van der Waals surface area (Å²) in [6, 6.07) is 5.14. The van der Waals surface area contributed by atoms with Crippen LogP contribution < -0.4 is 5.32 Å². The van der Waals surface area contributed by atoms with Crippen molar-refractivity contribution < 1.29 is 15.3 Å². The van der Waals surface area contributed by atoms with Crippen molar-refractivity contribution in [1.82, 2.24) is 10.2 Å². The minimum Gasteiger partial charge on any atom is -0.368 e. The number of rotatable bonds is 4. The molecule has 0 radical (unpaired) electrons. The predicted octanol–water partition coefficient (Wildman–Crippen LogP) is 4.97. The van der Waals surface area contributed by atoms with Crippen LogP contribution in [0.25, 0.3) is 0 Å². The third kappa shape index (κ3) is 4.72. The van der Waals surface area contributed by atoms with Crippen molar-refractivity contribution in [2.24, 2.45) is 5.41 Å². The lowest BCUT2D eigenvalue weighted by Gasteiger charge is -2.47. The molecule has 1 unspecified atom stereocenters. The number of carbonyl (C=O) groups excluding carboxylic acids is 1. The van der Waals surface area contributed by atoms with Gasteiger partial charge in [-0.3, -0.25) is 4.79 Å². The van der Waals surface area contributed by atoms with E-state index in [0.29, 0.717) is 12.0 Å². The topological polar surface area (TPSA) is 41.6 Å². The number of hydrogen-bond donors (Lipinski definition) is 1. The number of piperidine rings is 1. The fraction of sp³-hybridized carbons (Fsp3) is 0.720. The first-order chi connectivity index (χ1) is 14.3. The van der Waals surface area contributed by atoms with Crippen LogP contribution in [0.15, 0.2) is 18.2 Å². The van der Waals surface area contributed by atoms with Crippen molar-refractivity contribution in [2.75, 3.05) is 26.2 Å². The van der Waals surface area contributed by atoms with Gasteiger partial charge in [-0.25, -0.2) is 4.39 Å². The van der Waals surface area contributed by atoms with E-state index in [1.807, 2.05) is 6.07 Å². The summed E-state index contributed by atoms with van der Waals surface area (Å²) >= 11 is 0. The van der Waals surface area contributed by atoms with Gasteiger partial charge >= 0.3 is 0 Å². The number of carbonyl (C=O) groups is 1. The molecule has 1 aromatic carbocycles. The highest BCUT2D eigenvalue weighted by Crippen LogP contribution is 2.48. The van der Waals surface area contributed by atoms with Gasteiger partial charge in [-0.15, -0.1) is 0 Å². The van der Waals surface area contributed by atoms with Crippen LogP contribution in [0.3, 0.4) is 0 Å². The van der Waals surface area contributed by atoms with Crippen molar-refractivity contribution in [1.29, 1.82) is 0 Å². The number of likely N-dealkylation sites (tertiary alicyclic amines) is 1. The molecule has 1 spiro atoms. The van der Waals surface area contributed by atoms with Crippen molar-refractivity contribution >= 4 is 5.91 Å². The van der Waals surface area contributed by atoms with E-state index in [2.05, 4.69) is 31.0 Å². The van der Waals surface area contributed by atoms with Crippen LogP contribution in [0, 0.1) is 11.2 Å². The molecule has 0 bridgehead atoms. The van der Waals surface area contributed by atoms with E-state index in [1.54, 1.807) is 12.1 Å². The Bertz CT molecular complexity index is 765. The fourth-order valence-electron chi connectivity index (χ4n) is 5.42. The van der Waals surface area contributed by atoms with Crippen LogP contribution in [0.4, 0.5) is 4.39 Å². The minimum absolute atomic E-state index is 0. The van der Waals surface area contributed by atoms with E-state index in [4.69, 9.17) is 4.74 Å². The smallest absolute Gasteiger partial charge is 0.249 e. The average Bonchev–Trinajstić information content (AvgIpc) is 3.24. The molecule has 168 valence electrons. The van der Waals surface area contributed by atoms with E-state index in [1.165, 1.54) is 6.42 Å². The number of fused-ring (bicyclic) bond motifs is 2. The molecule has 2 aliphatic heterocycles. The minimum atomic E-state index is -0.323. The molecular formula is C25H39FN2O2. The number of nitrogens with one attached hydrogen (secondary N) is 1. The second-order valence-electron chi connectivity index (χ2n) is 10.8. The lowest BCUT2D eigenvalue weighted by Crippen LogP contribution is -2.47. The van der Waals surface area contributed by atoms with Crippen molar-refractivity contribution in [3.63, 3.8) is 0 Å². The maximum atomic E-state index is 14.3. The molecule has 1 aliphatic carbocycles. The lowest BCUT2D eigenvalue weighted by atomic mass is 9.63. The first kappa shape index (κ1) is 21.8. The van der Waals surface area contributed by atoms with Crippen LogP contribution in [-0.2, 0) is 14.9 Å². The number of hydrogen-bond acceptors (Lipinski definition) is 3. The second-order valence-corrected chi connectivity index (χ2v) is 10.8. The highest BCUT2D eigenvalue weighted by atomic mass is 19.1. The molecule has 2 saturated heterocycles. The van der Waals surface area contributed by atoms with Crippen LogP contribution in [0.5, 0.6) is 0 Å². The molecular weight excluding hydrogens is 379 g/mol. The SMILES string of the molecule is CC(C)(C)CCN1CCC2(CC[C@H](NC(=O)C3CCCO3)c3ccc(F)cc32)CC1.[HH]. The highest BCUT2D eigenvalue weighted by Gasteiger charge is 2.43. The summed E-state index contributed by atoms with van der Waals surface area (Å²) in [6.45, 7) is 10.8. The van der Waals surface area contributed by atoms with E-state index >= 15 is 0 Å². The Morgan fingerprint density at radius 3 is 2.70 bits per heavy atom. The fourth-order valence-corrected chi connectivity index (χ4v) is 5.42. The molecule has 4 rings (SSSR count). The first-order valence-electron chi connectivity index (χ1n) is 11.7. The van der Waals surface area contributed by atoms with E-state index in [0.717, 1.165) is 69.3 Å². The van der Waals surface area contributed by atoms with Crippen molar-refractivity contribution in [3.05, 3.63) is 35.1 Å². The zero-order chi connectivity index (χ0) is 21.4. The Hall–Kier alpha value is -1.46. The largest absolute Gasteiger partial charge is 0.368 e. The Morgan fingerprint density at radius 2 is 2.03 bits per heavy atom. The molecule has 3 aliphatic rings. The number of halogens is 1. The van der Waals surface area contributed by atoms with Gasteiger partial charge in [0.05, 0.1) is 6.04 Å². The summed E-state index contributed by atoms with van der Waals surface area (Å²) in [5.41, 5.74) is 2.63. The van der Waals surface area contributed by atoms with E-state index in [-0.39, 0.29) is 30.7 Å². The molecule has 1 N–H and O–H groups in total. The van der Waals surface area contributed by atoms with Gasteiger partial charge in [0.25, 0.3) is 0 Å². The second kappa shape index (κ2) is 8.58. The third-order valence-electron chi connectivity index (χ3n) is 7.40. The van der Waals surface area contributed by atoms with Gasteiger partial charge in [0.1, 0.15) is 11.9 Å². The lowest BCUT2D eigenvalue weighted by molar-refractivity contribution is -0.131. The number of nitrogens with zero attached hydrogens (tertiary/aromatic N) is 1. The molecule has 1 amide bonds. The zero-order valence-corrected chi connectivity index (χ0v) is 18.8. The van der Waals surface area contributed by atoms with Crippen molar-refractivity contribution in [3.8, 4) is 0 Å². The number of amides is 1. The Labute approximate surface area is 182 Å². The van der Waals surface area contributed by atoms with Gasteiger partial charge in [-0.1, -0.05) is 26.8 Å². The van der Waals surface area contributed by atoms with Crippen LogP contribution in [0.1, 0.15) is 84.3 Å². The zero-order valence-electron chi connectivity index (χ0n) is 18.8. The highest BCUT2D eigenvalue weighted by molar-refractivity contribution is 5.81. The van der Waals surface area contributed by atoms with Gasteiger partial charge in [0.2, 0.25) is 5.91 Å². The van der Waals surface area contributed by atoms with Crippen molar-refractivity contribution in [2.45, 2.75) is 83.3 Å². The van der Waals surface area contributed by atoms with E-state index < -0.39 is 0 Å². The van der Waals surface area contributed by atoms with Gasteiger partial charge in [0.15, 0.2) is 0 Å². The molecule has 4 nitrogen and oxygen atoms in total. The third-order valence-corrected chi connectivity index (χ3v) is 7.40. The monoisotopic (exact) mass is 418 g/mol. The Kier molecular flexibility index (Phi) is 6.23. The summed E-state index contributed by atoms with van der Waals surface area (Å²) in [6.07, 6.45) is 6.67. The normalized spacial score (nSPS) is 26.5. The summed E-state index contributed by atoms with van der Waals surface area (Å²) in [5.74, 6) is -0.185. The molecule has 1 aromatic rings. The summed E-state index contributed by atoms with van der Waals surface area (Å²) in [4.78, 5) is 15.2. The maximum Gasteiger partial charge on any atom is 0.249 e. The van der Waals surface area contributed by atoms with Gasteiger partial charge in [-0.05, 0) is 98.7 Å². The molecule has 5 heteroatoms. The van der Waals surface area contributed by atoms with Crippen LogP contribution in [-0.4, -0.2) is 43.2 Å². The number of ether oxygens (including phenoxy) is 1. The molecule has 2 heterocycles. The Morgan fingerprint density at radius 1 is 1.27 bits per heavy atom. The molecule has 2 fully saturated rings. The first-order valence-corrected chi connectivity index (χ1v) is 11.7. The van der Waals surface area contributed by atoms with Gasteiger partial charge in [-0.2, -0.15) is 0 Å².